The van der Waals surface area contributed by atoms with Crippen molar-refractivity contribution in [1.29, 1.82) is 0 Å². The minimum absolute atomic E-state index is 0.208. The van der Waals surface area contributed by atoms with E-state index in [-0.39, 0.29) is 6.04 Å². The predicted molar refractivity (Wildman–Crippen MR) is 86.1 cm³/mol. The quantitative estimate of drug-likeness (QED) is 0.562. The van der Waals surface area contributed by atoms with Crippen molar-refractivity contribution in [3.8, 4) is 0 Å². The minimum atomic E-state index is 0.208. The van der Waals surface area contributed by atoms with E-state index < -0.39 is 0 Å². The maximum Gasteiger partial charge on any atom is 0.191 e. The van der Waals surface area contributed by atoms with Crippen LogP contribution in [0.3, 0.4) is 0 Å². The third kappa shape index (κ3) is 6.07. The van der Waals surface area contributed by atoms with Crippen LogP contribution in [0.1, 0.15) is 19.1 Å². The second kappa shape index (κ2) is 9.48. The molecule has 0 aromatic carbocycles. The number of rotatable bonds is 8. The number of furan rings is 1. The zero-order valence-electron chi connectivity index (χ0n) is 13.5. The van der Waals surface area contributed by atoms with Crippen LogP contribution in [0.15, 0.2) is 27.8 Å². The highest BCUT2D eigenvalue weighted by atomic mass is 16.5. The summed E-state index contributed by atoms with van der Waals surface area (Å²) in [6.07, 6.45) is 3.62. The number of hydrogen-bond donors (Lipinski definition) is 2. The van der Waals surface area contributed by atoms with Crippen LogP contribution < -0.4 is 10.6 Å². The summed E-state index contributed by atoms with van der Waals surface area (Å²) in [6.45, 7) is 5.96. The van der Waals surface area contributed by atoms with Gasteiger partial charge in [-0.1, -0.05) is 0 Å². The molecule has 1 saturated heterocycles. The van der Waals surface area contributed by atoms with E-state index in [4.69, 9.17) is 13.9 Å². The van der Waals surface area contributed by atoms with E-state index in [1.165, 1.54) is 0 Å². The van der Waals surface area contributed by atoms with Crippen LogP contribution in [0.25, 0.3) is 0 Å². The Bertz CT molecular complexity index is 428. The molecule has 1 fully saturated rings. The monoisotopic (exact) mass is 309 g/mol. The summed E-state index contributed by atoms with van der Waals surface area (Å²) in [6, 6.07) is 4.10. The lowest BCUT2D eigenvalue weighted by molar-refractivity contribution is 0.178. The lowest BCUT2D eigenvalue weighted by Crippen LogP contribution is -2.44. The van der Waals surface area contributed by atoms with Gasteiger partial charge in [0, 0.05) is 45.2 Å². The number of hydrogen-bond acceptors (Lipinski definition) is 4. The Morgan fingerprint density at radius 2 is 2.45 bits per heavy atom. The first kappa shape index (κ1) is 16.8. The molecule has 1 aromatic heterocycles. The summed E-state index contributed by atoms with van der Waals surface area (Å²) in [5.74, 6) is 2.32. The van der Waals surface area contributed by atoms with Crippen molar-refractivity contribution < 1.29 is 13.9 Å². The molecular weight excluding hydrogens is 282 g/mol. The highest BCUT2D eigenvalue weighted by molar-refractivity contribution is 5.80. The van der Waals surface area contributed by atoms with Gasteiger partial charge in [0.05, 0.1) is 19.5 Å². The van der Waals surface area contributed by atoms with Crippen LogP contribution in [0.2, 0.25) is 0 Å². The molecule has 0 spiro atoms. The van der Waals surface area contributed by atoms with Gasteiger partial charge in [-0.15, -0.1) is 0 Å². The summed E-state index contributed by atoms with van der Waals surface area (Å²) >= 11 is 0. The molecule has 0 bridgehead atoms. The van der Waals surface area contributed by atoms with Gasteiger partial charge in [-0.05, 0) is 25.5 Å². The Hall–Kier alpha value is -1.53. The summed E-state index contributed by atoms with van der Waals surface area (Å²) in [5, 5.41) is 6.72. The summed E-state index contributed by atoms with van der Waals surface area (Å²) in [5.41, 5.74) is 0. The Kier molecular flexibility index (Phi) is 7.25. The number of ether oxygens (including phenoxy) is 2. The van der Waals surface area contributed by atoms with Crippen molar-refractivity contribution in [2.45, 2.75) is 25.8 Å². The van der Waals surface area contributed by atoms with Crippen molar-refractivity contribution in [3.63, 3.8) is 0 Å². The van der Waals surface area contributed by atoms with Crippen LogP contribution in [-0.2, 0) is 15.9 Å². The Labute approximate surface area is 132 Å². The van der Waals surface area contributed by atoms with E-state index in [2.05, 4.69) is 22.5 Å². The molecule has 22 heavy (non-hydrogen) atoms. The first-order valence-corrected chi connectivity index (χ1v) is 7.92. The molecule has 124 valence electrons. The molecule has 2 rings (SSSR count). The standard InChI is InChI=1S/C16H27N3O3/c1-13(11-20-2)19-16(18-10-14-6-9-21-12-14)17-7-5-15-4-3-8-22-15/h3-4,8,13-14H,5-7,9-12H2,1-2H3,(H2,17,18,19). The molecule has 2 atom stereocenters. The first-order valence-electron chi connectivity index (χ1n) is 7.92. The van der Waals surface area contributed by atoms with E-state index in [1.807, 2.05) is 12.1 Å². The van der Waals surface area contributed by atoms with Crippen LogP contribution in [0, 0.1) is 5.92 Å². The van der Waals surface area contributed by atoms with Gasteiger partial charge in [-0.3, -0.25) is 4.99 Å². The fourth-order valence-electron chi connectivity index (χ4n) is 2.38. The van der Waals surface area contributed by atoms with Gasteiger partial charge in [-0.25, -0.2) is 0 Å². The number of guanidine groups is 1. The maximum absolute atomic E-state index is 5.40. The van der Waals surface area contributed by atoms with E-state index in [0.717, 1.165) is 50.9 Å². The van der Waals surface area contributed by atoms with E-state index in [0.29, 0.717) is 12.5 Å². The van der Waals surface area contributed by atoms with E-state index in [1.54, 1.807) is 13.4 Å². The van der Waals surface area contributed by atoms with Crippen molar-refractivity contribution in [1.82, 2.24) is 10.6 Å². The molecule has 6 heteroatoms. The highest BCUT2D eigenvalue weighted by Crippen LogP contribution is 2.12. The Morgan fingerprint density at radius 3 is 3.14 bits per heavy atom. The minimum Gasteiger partial charge on any atom is -0.469 e. The van der Waals surface area contributed by atoms with Gasteiger partial charge in [0.15, 0.2) is 5.96 Å². The molecule has 6 nitrogen and oxygen atoms in total. The normalized spacial score (nSPS) is 20.1. The van der Waals surface area contributed by atoms with E-state index in [9.17, 15) is 0 Å². The average Bonchev–Trinajstić information content (AvgIpc) is 3.18. The smallest absolute Gasteiger partial charge is 0.191 e. The molecule has 0 radical (unpaired) electrons. The van der Waals surface area contributed by atoms with Crippen molar-refractivity contribution in [2.24, 2.45) is 10.9 Å². The molecule has 2 unspecified atom stereocenters. The molecule has 0 saturated carbocycles. The summed E-state index contributed by atoms with van der Waals surface area (Å²) < 4.78 is 15.9. The van der Waals surface area contributed by atoms with Crippen LogP contribution >= 0.6 is 0 Å². The Morgan fingerprint density at radius 1 is 1.55 bits per heavy atom. The van der Waals surface area contributed by atoms with Gasteiger partial charge in [0.25, 0.3) is 0 Å². The molecule has 1 aliphatic rings. The van der Waals surface area contributed by atoms with Gasteiger partial charge in [-0.2, -0.15) is 0 Å². The third-order valence-corrected chi connectivity index (χ3v) is 3.58. The molecule has 1 aliphatic heterocycles. The van der Waals surface area contributed by atoms with Gasteiger partial charge in [0.2, 0.25) is 0 Å². The van der Waals surface area contributed by atoms with Crippen molar-refractivity contribution in [2.75, 3.05) is 40.0 Å². The summed E-state index contributed by atoms with van der Waals surface area (Å²) in [4.78, 5) is 4.68. The molecular formula is C16H27N3O3. The Balaban J connectivity index is 1.80. The van der Waals surface area contributed by atoms with Crippen LogP contribution in [0.5, 0.6) is 0 Å². The van der Waals surface area contributed by atoms with Gasteiger partial charge < -0.3 is 24.5 Å². The number of nitrogens with one attached hydrogen (secondary N) is 2. The lowest BCUT2D eigenvalue weighted by Gasteiger charge is -2.18. The van der Waals surface area contributed by atoms with Crippen molar-refractivity contribution in [3.05, 3.63) is 24.2 Å². The topological polar surface area (TPSA) is 68.0 Å². The molecule has 2 heterocycles. The van der Waals surface area contributed by atoms with Crippen molar-refractivity contribution >= 4 is 5.96 Å². The fraction of sp³-hybridized carbons (Fsp3) is 0.688. The maximum atomic E-state index is 5.40. The van der Waals surface area contributed by atoms with E-state index >= 15 is 0 Å². The molecule has 1 aromatic rings. The zero-order chi connectivity index (χ0) is 15.6. The second-order valence-corrected chi connectivity index (χ2v) is 5.68. The second-order valence-electron chi connectivity index (χ2n) is 5.68. The number of methoxy groups -OCH3 is 1. The highest BCUT2D eigenvalue weighted by Gasteiger charge is 2.15. The first-order chi connectivity index (χ1) is 10.8. The number of nitrogens with zero attached hydrogens (tertiary/aromatic N) is 1. The molecule has 0 aliphatic carbocycles. The van der Waals surface area contributed by atoms with Crippen LogP contribution in [0.4, 0.5) is 0 Å². The molecule has 2 N–H and O–H groups in total. The zero-order valence-corrected chi connectivity index (χ0v) is 13.5. The SMILES string of the molecule is COCC(C)NC(=NCC1CCOC1)NCCc1ccco1. The fourth-order valence-corrected chi connectivity index (χ4v) is 2.38. The van der Waals surface area contributed by atoms with Crippen LogP contribution in [-0.4, -0.2) is 52.0 Å². The third-order valence-electron chi connectivity index (χ3n) is 3.58. The summed E-state index contributed by atoms with van der Waals surface area (Å²) in [7, 11) is 1.70. The van der Waals surface area contributed by atoms with Gasteiger partial charge >= 0.3 is 0 Å². The molecule has 0 amide bonds. The van der Waals surface area contributed by atoms with Gasteiger partial charge in [0.1, 0.15) is 5.76 Å². The largest absolute Gasteiger partial charge is 0.469 e. The average molecular weight is 309 g/mol. The lowest BCUT2D eigenvalue weighted by atomic mass is 10.1. The predicted octanol–water partition coefficient (Wildman–Crippen LogP) is 1.43. The number of aliphatic imine (C=N–C) groups is 1.